The summed E-state index contributed by atoms with van der Waals surface area (Å²) in [4.78, 5) is 11.6. The number of carbonyl (C=O) groups is 1. The van der Waals surface area contributed by atoms with Crippen LogP contribution in [0.15, 0.2) is 18.2 Å². The summed E-state index contributed by atoms with van der Waals surface area (Å²) in [5.41, 5.74) is 7.37. The molecule has 0 aromatic heterocycles. The van der Waals surface area contributed by atoms with Crippen LogP contribution >= 0.6 is 11.6 Å². The largest absolute Gasteiger partial charge is 0.327 e. The van der Waals surface area contributed by atoms with E-state index >= 15 is 0 Å². The van der Waals surface area contributed by atoms with Crippen LogP contribution in [0.4, 0.5) is 5.69 Å². The van der Waals surface area contributed by atoms with Crippen molar-refractivity contribution in [2.75, 3.05) is 5.32 Å². The van der Waals surface area contributed by atoms with Gasteiger partial charge in [0.1, 0.15) is 0 Å². The van der Waals surface area contributed by atoms with Crippen LogP contribution in [0.3, 0.4) is 0 Å². The number of aryl methyl sites for hydroxylation is 1. The van der Waals surface area contributed by atoms with Gasteiger partial charge in [-0.2, -0.15) is 0 Å². The zero-order chi connectivity index (χ0) is 11.0. The van der Waals surface area contributed by atoms with Gasteiger partial charge in [0.05, 0.1) is 5.92 Å². The van der Waals surface area contributed by atoms with Gasteiger partial charge in [0, 0.05) is 16.8 Å². The summed E-state index contributed by atoms with van der Waals surface area (Å²) in [5.74, 6) is -0.00648. The molecule has 0 aliphatic heterocycles. The Morgan fingerprint density at radius 3 is 2.80 bits per heavy atom. The van der Waals surface area contributed by atoms with Crippen LogP contribution in [0.2, 0.25) is 5.02 Å². The fourth-order valence-corrected chi connectivity index (χ4v) is 1.74. The molecule has 1 aromatic carbocycles. The monoisotopic (exact) mass is 224 g/mol. The molecule has 1 aromatic rings. The standard InChI is InChI=1S/C11H13ClN2O/c1-6-4-7(12)2-3-10(6)14-11(15)8-5-9(8)13/h2-4,8-9H,5,13H2,1H3,(H,14,15). The Hall–Kier alpha value is -1.06. The minimum atomic E-state index is -0.0138. The number of nitrogens with one attached hydrogen (secondary N) is 1. The van der Waals surface area contributed by atoms with Gasteiger partial charge in [-0.05, 0) is 37.1 Å². The summed E-state index contributed by atoms with van der Waals surface area (Å²) in [7, 11) is 0. The van der Waals surface area contributed by atoms with E-state index in [4.69, 9.17) is 17.3 Å². The lowest BCUT2D eigenvalue weighted by molar-refractivity contribution is -0.117. The zero-order valence-electron chi connectivity index (χ0n) is 8.46. The number of halogens is 1. The summed E-state index contributed by atoms with van der Waals surface area (Å²) in [6, 6.07) is 5.43. The number of anilines is 1. The average molecular weight is 225 g/mol. The van der Waals surface area contributed by atoms with Gasteiger partial charge in [-0.1, -0.05) is 11.6 Å². The lowest BCUT2D eigenvalue weighted by Gasteiger charge is -2.07. The van der Waals surface area contributed by atoms with Gasteiger partial charge in [-0.15, -0.1) is 0 Å². The van der Waals surface area contributed by atoms with Gasteiger partial charge < -0.3 is 11.1 Å². The number of hydrogen-bond donors (Lipinski definition) is 2. The first-order chi connectivity index (χ1) is 7.08. The SMILES string of the molecule is Cc1cc(Cl)ccc1NC(=O)C1CC1N. The minimum absolute atomic E-state index is 0.00734. The maximum absolute atomic E-state index is 11.6. The third-order valence-corrected chi connectivity index (χ3v) is 2.86. The molecule has 1 amide bonds. The van der Waals surface area contributed by atoms with Crippen molar-refractivity contribution in [1.29, 1.82) is 0 Å². The molecule has 2 rings (SSSR count). The second-order valence-corrected chi connectivity index (χ2v) is 4.39. The first kappa shape index (κ1) is 10.5. The predicted octanol–water partition coefficient (Wildman–Crippen LogP) is 1.93. The average Bonchev–Trinajstić information content (AvgIpc) is 2.88. The van der Waals surface area contributed by atoms with Gasteiger partial charge in [0.25, 0.3) is 0 Å². The van der Waals surface area contributed by atoms with E-state index in [0.717, 1.165) is 17.7 Å². The van der Waals surface area contributed by atoms with Gasteiger partial charge in [0.15, 0.2) is 0 Å². The number of hydrogen-bond acceptors (Lipinski definition) is 2. The molecule has 2 unspecified atom stereocenters. The fraction of sp³-hybridized carbons (Fsp3) is 0.364. The van der Waals surface area contributed by atoms with Crippen LogP contribution in [0.1, 0.15) is 12.0 Å². The van der Waals surface area contributed by atoms with E-state index in [1.165, 1.54) is 0 Å². The molecule has 80 valence electrons. The number of nitrogens with two attached hydrogens (primary N) is 1. The lowest BCUT2D eigenvalue weighted by atomic mass is 10.2. The Balaban J connectivity index is 2.07. The van der Waals surface area contributed by atoms with E-state index in [0.29, 0.717) is 5.02 Å². The molecule has 1 fully saturated rings. The van der Waals surface area contributed by atoms with Crippen molar-refractivity contribution in [3.8, 4) is 0 Å². The molecule has 3 nitrogen and oxygen atoms in total. The molecule has 2 atom stereocenters. The van der Waals surface area contributed by atoms with Crippen molar-refractivity contribution in [2.24, 2.45) is 11.7 Å². The van der Waals surface area contributed by atoms with E-state index in [2.05, 4.69) is 5.32 Å². The Labute approximate surface area is 93.6 Å². The van der Waals surface area contributed by atoms with Crippen LogP contribution in [0.5, 0.6) is 0 Å². The smallest absolute Gasteiger partial charge is 0.229 e. The normalized spacial score (nSPS) is 23.7. The van der Waals surface area contributed by atoms with E-state index in [1.807, 2.05) is 19.1 Å². The molecule has 1 aliphatic rings. The molecular weight excluding hydrogens is 212 g/mol. The van der Waals surface area contributed by atoms with Crippen LogP contribution in [0.25, 0.3) is 0 Å². The van der Waals surface area contributed by atoms with Gasteiger partial charge in [0.2, 0.25) is 5.91 Å². The molecule has 4 heteroatoms. The molecule has 0 spiro atoms. The number of amides is 1. The van der Waals surface area contributed by atoms with Crippen LogP contribution in [0, 0.1) is 12.8 Å². The minimum Gasteiger partial charge on any atom is -0.327 e. The van der Waals surface area contributed by atoms with Crippen LogP contribution in [-0.2, 0) is 4.79 Å². The highest BCUT2D eigenvalue weighted by Crippen LogP contribution is 2.30. The first-order valence-electron chi connectivity index (χ1n) is 4.90. The van der Waals surface area contributed by atoms with Gasteiger partial charge >= 0.3 is 0 Å². The highest BCUT2D eigenvalue weighted by molar-refractivity contribution is 6.30. The highest BCUT2D eigenvalue weighted by Gasteiger charge is 2.40. The van der Waals surface area contributed by atoms with Crippen molar-refractivity contribution < 1.29 is 4.79 Å². The molecular formula is C11H13ClN2O. The van der Waals surface area contributed by atoms with E-state index in [-0.39, 0.29) is 17.9 Å². The number of benzene rings is 1. The third-order valence-electron chi connectivity index (χ3n) is 2.62. The molecule has 0 saturated heterocycles. The lowest BCUT2D eigenvalue weighted by Crippen LogP contribution is -2.18. The van der Waals surface area contributed by atoms with Crippen LogP contribution in [-0.4, -0.2) is 11.9 Å². The highest BCUT2D eigenvalue weighted by atomic mass is 35.5. The third kappa shape index (κ3) is 2.30. The number of carbonyl (C=O) groups excluding carboxylic acids is 1. The second kappa shape index (κ2) is 3.83. The summed E-state index contributed by atoms with van der Waals surface area (Å²) >= 11 is 5.82. The summed E-state index contributed by atoms with van der Waals surface area (Å²) in [6.07, 6.45) is 0.790. The fourth-order valence-electron chi connectivity index (χ4n) is 1.51. The van der Waals surface area contributed by atoms with E-state index in [1.54, 1.807) is 6.07 Å². The second-order valence-electron chi connectivity index (χ2n) is 3.95. The molecule has 1 saturated carbocycles. The maximum atomic E-state index is 11.6. The van der Waals surface area contributed by atoms with Gasteiger partial charge in [-0.3, -0.25) is 4.79 Å². The Morgan fingerprint density at radius 1 is 1.60 bits per heavy atom. The number of rotatable bonds is 2. The molecule has 3 N–H and O–H groups in total. The molecule has 1 aliphatic carbocycles. The van der Waals surface area contributed by atoms with E-state index < -0.39 is 0 Å². The maximum Gasteiger partial charge on any atom is 0.229 e. The van der Waals surface area contributed by atoms with E-state index in [9.17, 15) is 4.79 Å². The summed E-state index contributed by atoms with van der Waals surface area (Å²) in [6.45, 7) is 1.91. The van der Waals surface area contributed by atoms with Crippen molar-refractivity contribution >= 4 is 23.2 Å². The molecule has 0 bridgehead atoms. The topological polar surface area (TPSA) is 55.1 Å². The molecule has 15 heavy (non-hydrogen) atoms. The Kier molecular flexibility index (Phi) is 2.67. The molecule has 0 heterocycles. The first-order valence-corrected chi connectivity index (χ1v) is 5.28. The zero-order valence-corrected chi connectivity index (χ0v) is 9.21. The predicted molar refractivity (Wildman–Crippen MR) is 60.9 cm³/mol. The van der Waals surface area contributed by atoms with Gasteiger partial charge in [-0.25, -0.2) is 0 Å². The molecule has 0 radical (unpaired) electrons. The summed E-state index contributed by atoms with van der Waals surface area (Å²) < 4.78 is 0. The van der Waals surface area contributed by atoms with Crippen molar-refractivity contribution in [1.82, 2.24) is 0 Å². The quantitative estimate of drug-likeness (QED) is 0.807. The Bertz CT molecular complexity index is 406. The Morgan fingerprint density at radius 2 is 2.27 bits per heavy atom. The van der Waals surface area contributed by atoms with Crippen LogP contribution < -0.4 is 11.1 Å². The van der Waals surface area contributed by atoms with Crippen molar-refractivity contribution in [3.05, 3.63) is 28.8 Å². The summed E-state index contributed by atoms with van der Waals surface area (Å²) in [5, 5.41) is 3.53. The van der Waals surface area contributed by atoms with Crippen molar-refractivity contribution in [2.45, 2.75) is 19.4 Å². The van der Waals surface area contributed by atoms with Crippen molar-refractivity contribution in [3.63, 3.8) is 0 Å².